The second kappa shape index (κ2) is 9.10. The first-order valence-corrected chi connectivity index (χ1v) is 11.1. The predicted molar refractivity (Wildman–Crippen MR) is 120 cm³/mol. The first kappa shape index (κ1) is 21.4. The Morgan fingerprint density at radius 1 is 1.06 bits per heavy atom. The van der Waals surface area contributed by atoms with E-state index in [9.17, 15) is 14.4 Å². The lowest BCUT2D eigenvalue weighted by Gasteiger charge is -2.48. The van der Waals surface area contributed by atoms with E-state index < -0.39 is 6.04 Å². The number of aryl methyl sites for hydroxylation is 1. The minimum absolute atomic E-state index is 0.0637. The third-order valence-electron chi connectivity index (χ3n) is 6.09. The summed E-state index contributed by atoms with van der Waals surface area (Å²) >= 11 is 5.90. The van der Waals surface area contributed by atoms with Crippen molar-refractivity contribution in [1.82, 2.24) is 10.2 Å². The molecule has 31 heavy (non-hydrogen) atoms. The Kier molecular flexibility index (Phi) is 6.28. The Bertz CT molecular complexity index is 975. The average Bonchev–Trinajstić information content (AvgIpc) is 2.76. The summed E-state index contributed by atoms with van der Waals surface area (Å²) in [5, 5.41) is 6.43. The van der Waals surface area contributed by atoms with Gasteiger partial charge in [-0.05, 0) is 56.2 Å². The van der Waals surface area contributed by atoms with Gasteiger partial charge in [-0.2, -0.15) is 0 Å². The number of nitrogens with zero attached hydrogens (tertiary/aromatic N) is 1. The number of hydrogen-bond acceptors (Lipinski definition) is 3. The molecule has 162 valence electrons. The Labute approximate surface area is 187 Å². The zero-order valence-corrected chi connectivity index (χ0v) is 18.2. The van der Waals surface area contributed by atoms with Gasteiger partial charge in [-0.1, -0.05) is 42.1 Å². The SMILES string of the molecule is Cc1ccc(C(=O)N2[C@H](CC(=O)Nc3ccc(Cl)cc3)C(=O)N[C@H]3CCCC[C@@H]32)cc1. The van der Waals surface area contributed by atoms with Crippen molar-refractivity contribution in [3.05, 3.63) is 64.7 Å². The molecule has 0 spiro atoms. The molecule has 0 unspecified atom stereocenters. The summed E-state index contributed by atoms with van der Waals surface area (Å²) in [5.74, 6) is -0.788. The molecule has 3 amide bonds. The highest BCUT2D eigenvalue weighted by Crippen LogP contribution is 2.31. The molecule has 0 radical (unpaired) electrons. The predicted octanol–water partition coefficient (Wildman–Crippen LogP) is 3.93. The average molecular weight is 440 g/mol. The lowest BCUT2D eigenvalue weighted by Crippen LogP contribution is -2.68. The first-order chi connectivity index (χ1) is 14.9. The van der Waals surface area contributed by atoms with Crippen LogP contribution in [-0.4, -0.2) is 40.7 Å². The highest BCUT2D eigenvalue weighted by molar-refractivity contribution is 6.30. The summed E-state index contributed by atoms with van der Waals surface area (Å²) in [6, 6.07) is 13.1. The molecule has 1 aliphatic carbocycles. The first-order valence-electron chi connectivity index (χ1n) is 10.7. The van der Waals surface area contributed by atoms with Crippen LogP contribution in [-0.2, 0) is 9.59 Å². The maximum Gasteiger partial charge on any atom is 0.254 e. The Morgan fingerprint density at radius 2 is 1.74 bits per heavy atom. The molecule has 2 aromatic carbocycles. The number of anilines is 1. The van der Waals surface area contributed by atoms with Crippen molar-refractivity contribution < 1.29 is 14.4 Å². The molecule has 4 rings (SSSR count). The van der Waals surface area contributed by atoms with Gasteiger partial charge in [-0.3, -0.25) is 14.4 Å². The van der Waals surface area contributed by atoms with Gasteiger partial charge in [0.25, 0.3) is 5.91 Å². The number of carbonyl (C=O) groups is 3. The van der Waals surface area contributed by atoms with Crippen LogP contribution in [0.5, 0.6) is 0 Å². The smallest absolute Gasteiger partial charge is 0.254 e. The molecule has 1 aliphatic heterocycles. The van der Waals surface area contributed by atoms with Gasteiger partial charge < -0.3 is 15.5 Å². The van der Waals surface area contributed by atoms with E-state index in [1.54, 1.807) is 41.3 Å². The number of nitrogens with one attached hydrogen (secondary N) is 2. The molecule has 1 heterocycles. The molecule has 1 saturated heterocycles. The van der Waals surface area contributed by atoms with E-state index in [0.717, 1.165) is 31.2 Å². The number of rotatable bonds is 4. The number of hydrogen-bond donors (Lipinski definition) is 2. The van der Waals surface area contributed by atoms with Crippen molar-refractivity contribution in [2.24, 2.45) is 0 Å². The van der Waals surface area contributed by atoms with E-state index >= 15 is 0 Å². The third kappa shape index (κ3) is 4.74. The third-order valence-corrected chi connectivity index (χ3v) is 6.34. The number of piperazine rings is 1. The summed E-state index contributed by atoms with van der Waals surface area (Å²) in [6.45, 7) is 1.96. The van der Waals surface area contributed by atoms with Crippen molar-refractivity contribution >= 4 is 35.0 Å². The van der Waals surface area contributed by atoms with Crippen LogP contribution in [0.2, 0.25) is 5.02 Å². The molecule has 2 aromatic rings. The van der Waals surface area contributed by atoms with Crippen molar-refractivity contribution in [2.45, 2.75) is 57.2 Å². The van der Waals surface area contributed by atoms with Gasteiger partial charge in [0, 0.05) is 22.3 Å². The number of fused-ring (bicyclic) bond motifs is 1. The van der Waals surface area contributed by atoms with E-state index in [-0.39, 0.29) is 36.2 Å². The molecule has 2 fully saturated rings. The monoisotopic (exact) mass is 439 g/mol. The summed E-state index contributed by atoms with van der Waals surface area (Å²) in [4.78, 5) is 40.9. The molecule has 0 aromatic heterocycles. The maximum atomic E-state index is 13.5. The van der Waals surface area contributed by atoms with Gasteiger partial charge in [0.2, 0.25) is 11.8 Å². The highest BCUT2D eigenvalue weighted by Gasteiger charge is 2.46. The van der Waals surface area contributed by atoms with Crippen LogP contribution in [0.1, 0.15) is 48.0 Å². The standard InChI is InChI=1S/C24H26ClN3O3/c1-15-6-8-16(9-7-15)24(31)28-20-5-3-2-4-19(20)27-23(30)21(28)14-22(29)26-18-12-10-17(25)11-13-18/h6-13,19-21H,2-5,14H2,1H3,(H,26,29)(H,27,30)/t19-,20-,21+/m0/s1. The second-order valence-corrected chi connectivity index (χ2v) is 8.76. The van der Waals surface area contributed by atoms with Gasteiger partial charge in [0.1, 0.15) is 6.04 Å². The van der Waals surface area contributed by atoms with Crippen molar-refractivity contribution in [1.29, 1.82) is 0 Å². The fourth-order valence-electron chi connectivity index (χ4n) is 4.50. The van der Waals surface area contributed by atoms with Crippen molar-refractivity contribution in [2.75, 3.05) is 5.32 Å². The van der Waals surface area contributed by atoms with Crippen molar-refractivity contribution in [3.63, 3.8) is 0 Å². The van der Waals surface area contributed by atoms with E-state index in [1.807, 2.05) is 19.1 Å². The van der Waals surface area contributed by atoms with E-state index in [1.165, 1.54) is 0 Å². The fourth-order valence-corrected chi connectivity index (χ4v) is 4.62. The van der Waals surface area contributed by atoms with Gasteiger partial charge in [-0.25, -0.2) is 0 Å². The van der Waals surface area contributed by atoms with Crippen LogP contribution in [0, 0.1) is 6.92 Å². The maximum absolute atomic E-state index is 13.5. The largest absolute Gasteiger partial charge is 0.349 e. The molecule has 6 nitrogen and oxygen atoms in total. The quantitative estimate of drug-likeness (QED) is 0.757. The van der Waals surface area contributed by atoms with E-state index in [4.69, 9.17) is 11.6 Å². The number of carbonyl (C=O) groups excluding carboxylic acids is 3. The second-order valence-electron chi connectivity index (χ2n) is 8.32. The fraction of sp³-hybridized carbons (Fsp3) is 0.375. The van der Waals surface area contributed by atoms with Crippen LogP contribution in [0.15, 0.2) is 48.5 Å². The van der Waals surface area contributed by atoms with E-state index in [2.05, 4.69) is 10.6 Å². The van der Waals surface area contributed by atoms with Crippen LogP contribution in [0.25, 0.3) is 0 Å². The summed E-state index contributed by atoms with van der Waals surface area (Å²) in [6.07, 6.45) is 3.58. The Balaban J connectivity index is 1.58. The molecule has 0 bridgehead atoms. The zero-order valence-electron chi connectivity index (χ0n) is 17.4. The Hall–Kier alpha value is -2.86. The molecule has 1 saturated carbocycles. The number of benzene rings is 2. The van der Waals surface area contributed by atoms with Gasteiger partial charge in [0.15, 0.2) is 0 Å². The van der Waals surface area contributed by atoms with Crippen LogP contribution in [0.4, 0.5) is 5.69 Å². The summed E-state index contributed by atoms with van der Waals surface area (Å²) < 4.78 is 0. The normalized spacial score (nSPS) is 23.0. The van der Waals surface area contributed by atoms with Crippen LogP contribution < -0.4 is 10.6 Å². The molecule has 2 N–H and O–H groups in total. The van der Waals surface area contributed by atoms with Gasteiger partial charge in [0.05, 0.1) is 12.5 Å². The van der Waals surface area contributed by atoms with Gasteiger partial charge in [-0.15, -0.1) is 0 Å². The molecular weight excluding hydrogens is 414 g/mol. The number of halogens is 1. The summed E-state index contributed by atoms with van der Waals surface area (Å²) in [7, 11) is 0. The minimum atomic E-state index is -0.847. The lowest BCUT2D eigenvalue weighted by atomic mass is 9.84. The minimum Gasteiger partial charge on any atom is -0.349 e. The highest BCUT2D eigenvalue weighted by atomic mass is 35.5. The topological polar surface area (TPSA) is 78.5 Å². The van der Waals surface area contributed by atoms with Crippen molar-refractivity contribution in [3.8, 4) is 0 Å². The number of amides is 3. The molecule has 2 aliphatic rings. The molecule has 7 heteroatoms. The van der Waals surface area contributed by atoms with Gasteiger partial charge >= 0.3 is 0 Å². The van der Waals surface area contributed by atoms with Crippen LogP contribution >= 0.6 is 11.6 Å². The lowest BCUT2D eigenvalue weighted by molar-refractivity contribution is -0.135. The Morgan fingerprint density at radius 3 is 2.45 bits per heavy atom. The molecular formula is C24H26ClN3O3. The summed E-state index contributed by atoms with van der Waals surface area (Å²) in [5.41, 5.74) is 2.19. The molecule has 3 atom stereocenters. The van der Waals surface area contributed by atoms with Crippen LogP contribution in [0.3, 0.4) is 0 Å². The zero-order chi connectivity index (χ0) is 22.0. The van der Waals surface area contributed by atoms with E-state index in [0.29, 0.717) is 16.3 Å².